The van der Waals surface area contributed by atoms with Crippen LogP contribution in [0, 0.1) is 0 Å². The van der Waals surface area contributed by atoms with Crippen LogP contribution in [0.1, 0.15) is 18.2 Å². The molecular formula is C23H19N3O2. The lowest BCUT2D eigenvalue weighted by molar-refractivity contribution is -0.114. The predicted octanol–water partition coefficient (Wildman–Crippen LogP) is 5.48. The minimum absolute atomic E-state index is 0.118. The van der Waals surface area contributed by atoms with E-state index in [1.165, 1.54) is 6.92 Å². The van der Waals surface area contributed by atoms with E-state index in [-0.39, 0.29) is 5.91 Å². The summed E-state index contributed by atoms with van der Waals surface area (Å²) in [7, 11) is 0. The van der Waals surface area contributed by atoms with E-state index in [2.05, 4.69) is 15.5 Å². The Labute approximate surface area is 162 Å². The maximum atomic E-state index is 11.2. The fraction of sp³-hybridized carbons (Fsp3) is 0.0435. The van der Waals surface area contributed by atoms with Crippen LogP contribution in [0.3, 0.4) is 0 Å². The molecule has 1 amide bonds. The first-order chi connectivity index (χ1) is 13.7. The number of aromatic nitrogens is 2. The van der Waals surface area contributed by atoms with Crippen LogP contribution in [0.2, 0.25) is 0 Å². The molecule has 5 nitrogen and oxygen atoms in total. The first-order valence-electron chi connectivity index (χ1n) is 8.94. The Morgan fingerprint density at radius 2 is 1.79 bits per heavy atom. The summed E-state index contributed by atoms with van der Waals surface area (Å²) in [5.74, 6) is 1.22. The molecule has 0 fully saturated rings. The fourth-order valence-corrected chi connectivity index (χ4v) is 2.93. The van der Waals surface area contributed by atoms with E-state index in [4.69, 9.17) is 4.74 Å². The number of hydrogen-bond acceptors (Lipinski definition) is 3. The summed E-state index contributed by atoms with van der Waals surface area (Å²) in [6.07, 6.45) is 4.03. The fourth-order valence-electron chi connectivity index (χ4n) is 2.93. The van der Waals surface area contributed by atoms with Crippen LogP contribution in [0.4, 0.5) is 5.69 Å². The van der Waals surface area contributed by atoms with E-state index >= 15 is 0 Å². The maximum absolute atomic E-state index is 11.2. The van der Waals surface area contributed by atoms with Crippen LogP contribution in [0.15, 0.2) is 72.8 Å². The van der Waals surface area contributed by atoms with Crippen LogP contribution in [-0.2, 0) is 4.79 Å². The summed E-state index contributed by atoms with van der Waals surface area (Å²) in [5.41, 5.74) is 3.58. The van der Waals surface area contributed by atoms with Gasteiger partial charge in [0.15, 0.2) is 0 Å². The second-order valence-electron chi connectivity index (χ2n) is 6.37. The molecule has 4 rings (SSSR count). The van der Waals surface area contributed by atoms with Crippen molar-refractivity contribution in [3.63, 3.8) is 0 Å². The Kier molecular flexibility index (Phi) is 4.89. The Morgan fingerprint density at radius 3 is 2.61 bits per heavy atom. The van der Waals surface area contributed by atoms with Crippen molar-refractivity contribution in [2.45, 2.75) is 6.92 Å². The van der Waals surface area contributed by atoms with E-state index in [0.29, 0.717) is 17.2 Å². The van der Waals surface area contributed by atoms with Gasteiger partial charge in [0, 0.05) is 30.1 Å². The molecule has 1 heterocycles. The Bertz CT molecular complexity index is 1150. The van der Waals surface area contributed by atoms with Crippen LogP contribution >= 0.6 is 0 Å². The molecule has 0 unspecified atom stereocenters. The lowest BCUT2D eigenvalue weighted by Gasteiger charge is -2.08. The molecule has 2 N–H and O–H groups in total. The number of nitrogens with one attached hydrogen (secondary N) is 2. The van der Waals surface area contributed by atoms with Gasteiger partial charge in [-0.3, -0.25) is 9.89 Å². The second kappa shape index (κ2) is 7.80. The summed E-state index contributed by atoms with van der Waals surface area (Å²) < 4.78 is 5.93. The molecule has 3 aromatic carbocycles. The Balaban J connectivity index is 1.54. The Hall–Kier alpha value is -3.86. The zero-order valence-electron chi connectivity index (χ0n) is 15.3. The number of aromatic amines is 1. The van der Waals surface area contributed by atoms with Gasteiger partial charge >= 0.3 is 0 Å². The molecule has 4 aromatic rings. The number of anilines is 1. The first-order valence-corrected chi connectivity index (χ1v) is 8.94. The summed E-state index contributed by atoms with van der Waals surface area (Å²) in [4.78, 5) is 11.2. The number of fused-ring (bicyclic) bond motifs is 1. The minimum Gasteiger partial charge on any atom is -0.457 e. The van der Waals surface area contributed by atoms with Crippen LogP contribution in [0.25, 0.3) is 23.1 Å². The van der Waals surface area contributed by atoms with Gasteiger partial charge in [0.2, 0.25) is 5.91 Å². The van der Waals surface area contributed by atoms with Crippen LogP contribution in [-0.4, -0.2) is 16.1 Å². The third kappa shape index (κ3) is 4.10. The topological polar surface area (TPSA) is 67.0 Å². The van der Waals surface area contributed by atoms with Gasteiger partial charge < -0.3 is 10.1 Å². The average molecular weight is 369 g/mol. The molecule has 0 aliphatic carbocycles. The van der Waals surface area contributed by atoms with Gasteiger partial charge in [0.25, 0.3) is 0 Å². The smallest absolute Gasteiger partial charge is 0.221 e. The maximum Gasteiger partial charge on any atom is 0.221 e. The van der Waals surface area contributed by atoms with E-state index in [0.717, 1.165) is 22.2 Å². The van der Waals surface area contributed by atoms with E-state index in [1.807, 2.05) is 78.9 Å². The van der Waals surface area contributed by atoms with Gasteiger partial charge in [-0.15, -0.1) is 0 Å². The second-order valence-corrected chi connectivity index (χ2v) is 6.37. The summed E-state index contributed by atoms with van der Waals surface area (Å²) in [6.45, 7) is 1.48. The third-order valence-electron chi connectivity index (χ3n) is 4.19. The molecule has 0 atom stereocenters. The zero-order valence-corrected chi connectivity index (χ0v) is 15.3. The Morgan fingerprint density at radius 1 is 0.964 bits per heavy atom. The van der Waals surface area contributed by atoms with Crippen molar-refractivity contribution in [2.24, 2.45) is 0 Å². The number of nitrogens with zero attached hydrogens (tertiary/aromatic N) is 1. The van der Waals surface area contributed by atoms with Gasteiger partial charge in [0.05, 0.1) is 11.2 Å². The lowest BCUT2D eigenvalue weighted by atomic mass is 10.1. The van der Waals surface area contributed by atoms with Gasteiger partial charge in [-0.2, -0.15) is 5.10 Å². The van der Waals surface area contributed by atoms with Gasteiger partial charge in [-0.1, -0.05) is 42.5 Å². The summed E-state index contributed by atoms with van der Waals surface area (Å²) in [5, 5.41) is 11.2. The SMILES string of the molecule is CC(=O)Nc1cccc(Oc2ccc3c(/C=C/c4ccccc4)n[nH]c3c2)c1. The van der Waals surface area contributed by atoms with Crippen LogP contribution in [0.5, 0.6) is 11.5 Å². The van der Waals surface area contributed by atoms with E-state index in [1.54, 1.807) is 6.07 Å². The number of carbonyl (C=O) groups is 1. The molecule has 0 saturated carbocycles. The lowest BCUT2D eigenvalue weighted by Crippen LogP contribution is -2.05. The molecule has 0 radical (unpaired) electrons. The molecule has 0 aliphatic heterocycles. The summed E-state index contributed by atoms with van der Waals surface area (Å²) in [6, 6.07) is 23.2. The number of H-pyrrole nitrogens is 1. The van der Waals surface area contributed by atoms with Crippen molar-refractivity contribution >= 4 is 34.6 Å². The average Bonchev–Trinajstić information content (AvgIpc) is 3.09. The minimum atomic E-state index is -0.118. The van der Waals surface area contributed by atoms with E-state index in [9.17, 15) is 4.79 Å². The monoisotopic (exact) mass is 369 g/mol. The highest BCUT2D eigenvalue weighted by molar-refractivity contribution is 5.90. The van der Waals surface area contributed by atoms with Crippen molar-refractivity contribution in [1.29, 1.82) is 0 Å². The number of benzene rings is 3. The number of rotatable bonds is 5. The number of ether oxygens (including phenoxy) is 1. The van der Waals surface area contributed by atoms with Gasteiger partial charge in [0.1, 0.15) is 11.5 Å². The molecule has 28 heavy (non-hydrogen) atoms. The molecule has 0 bridgehead atoms. The summed E-state index contributed by atoms with van der Waals surface area (Å²) >= 11 is 0. The largest absolute Gasteiger partial charge is 0.457 e. The molecule has 1 aromatic heterocycles. The van der Waals surface area contributed by atoms with E-state index < -0.39 is 0 Å². The molecule has 5 heteroatoms. The van der Waals surface area contributed by atoms with Gasteiger partial charge in [-0.05, 0) is 35.9 Å². The molecule has 138 valence electrons. The quantitative estimate of drug-likeness (QED) is 0.489. The first kappa shape index (κ1) is 17.5. The highest BCUT2D eigenvalue weighted by atomic mass is 16.5. The number of amides is 1. The highest BCUT2D eigenvalue weighted by Crippen LogP contribution is 2.28. The number of hydrogen-bond donors (Lipinski definition) is 2. The standard InChI is InChI=1S/C23H19N3O2/c1-16(27)24-18-8-5-9-19(14-18)28-20-11-12-21-22(25-26-23(21)15-20)13-10-17-6-3-2-4-7-17/h2-15H,1H3,(H,24,27)(H,25,26)/b13-10+. The molecule has 0 saturated heterocycles. The molecular weight excluding hydrogens is 350 g/mol. The van der Waals surface area contributed by atoms with Crippen molar-refractivity contribution in [1.82, 2.24) is 10.2 Å². The number of carbonyl (C=O) groups excluding carboxylic acids is 1. The van der Waals surface area contributed by atoms with Crippen molar-refractivity contribution in [3.8, 4) is 11.5 Å². The van der Waals surface area contributed by atoms with Crippen LogP contribution < -0.4 is 10.1 Å². The van der Waals surface area contributed by atoms with Crippen molar-refractivity contribution in [2.75, 3.05) is 5.32 Å². The van der Waals surface area contributed by atoms with Gasteiger partial charge in [-0.25, -0.2) is 0 Å². The van der Waals surface area contributed by atoms with Crippen molar-refractivity contribution in [3.05, 3.63) is 84.1 Å². The predicted molar refractivity (Wildman–Crippen MR) is 112 cm³/mol. The molecule has 0 spiro atoms. The van der Waals surface area contributed by atoms with Crippen molar-refractivity contribution < 1.29 is 9.53 Å². The normalized spacial score (nSPS) is 11.0. The zero-order chi connectivity index (χ0) is 19.3. The third-order valence-corrected chi connectivity index (χ3v) is 4.19. The highest BCUT2D eigenvalue weighted by Gasteiger charge is 2.06. The molecule has 0 aliphatic rings.